The molecule has 0 fully saturated rings. The number of hydrogen-bond acceptors (Lipinski definition) is 0. The van der Waals surface area contributed by atoms with E-state index in [9.17, 15) is 0 Å². The lowest BCUT2D eigenvalue weighted by Gasteiger charge is -2.26. The average Bonchev–Trinajstić information content (AvgIpc) is 2.27. The van der Waals surface area contributed by atoms with Crippen LogP contribution in [0, 0.1) is 13.8 Å². The molecule has 2 aromatic carbocycles. The van der Waals surface area contributed by atoms with Crippen LogP contribution in [0.2, 0.25) is 0 Å². The third kappa shape index (κ3) is 2.48. The zero-order valence-corrected chi connectivity index (χ0v) is 12.0. The van der Waals surface area contributed by atoms with Crippen molar-refractivity contribution in [3.05, 3.63) is 59.2 Å². The van der Waals surface area contributed by atoms with Gasteiger partial charge in [0.2, 0.25) is 0 Å². The topological polar surface area (TPSA) is 0 Å². The maximum Gasteiger partial charge on any atom is -0.0123 e. The summed E-state index contributed by atoms with van der Waals surface area (Å²) in [6, 6.07) is 15.3. The molecule has 0 saturated heterocycles. The van der Waals surface area contributed by atoms with Gasteiger partial charge in [0.25, 0.3) is 0 Å². The first kappa shape index (κ1) is 12.9. The van der Waals surface area contributed by atoms with Crippen molar-refractivity contribution in [1.29, 1.82) is 0 Å². The van der Waals surface area contributed by atoms with E-state index in [0.29, 0.717) is 0 Å². The van der Waals surface area contributed by atoms with E-state index in [1.165, 1.54) is 27.8 Å². The molecule has 0 aliphatic rings. The largest absolute Gasteiger partial charge is 0.0622 e. The Morgan fingerprint density at radius 1 is 0.833 bits per heavy atom. The van der Waals surface area contributed by atoms with Gasteiger partial charge < -0.3 is 0 Å². The van der Waals surface area contributed by atoms with E-state index in [1.807, 2.05) is 0 Å². The Hall–Kier alpha value is -1.56. The summed E-state index contributed by atoms with van der Waals surface area (Å²) in [7, 11) is 0. The maximum atomic E-state index is 2.31. The fourth-order valence-corrected chi connectivity index (χ4v) is 2.81. The smallest absolute Gasteiger partial charge is 0.0123 e. The molecule has 0 aliphatic carbocycles. The molecule has 94 valence electrons. The molecule has 0 bridgehead atoms. The summed E-state index contributed by atoms with van der Waals surface area (Å²) >= 11 is 0. The van der Waals surface area contributed by atoms with Gasteiger partial charge in [0, 0.05) is 0 Å². The Bertz CT molecular complexity index is 542. The van der Waals surface area contributed by atoms with Gasteiger partial charge in [0.05, 0.1) is 0 Å². The first-order valence-corrected chi connectivity index (χ1v) is 6.57. The van der Waals surface area contributed by atoms with Crippen LogP contribution in [0.1, 0.15) is 37.5 Å². The van der Waals surface area contributed by atoms with Crippen LogP contribution < -0.4 is 0 Å². The zero-order valence-electron chi connectivity index (χ0n) is 12.0. The standard InChI is InChI=1S/C18H22/c1-13-11-14(2)17(18(3,4)5)16(12-13)15-9-7-6-8-10-15/h6-12H,1-5H3. The number of aryl methyl sites for hydroxylation is 2. The van der Waals surface area contributed by atoms with E-state index >= 15 is 0 Å². The molecular formula is C18H22. The van der Waals surface area contributed by atoms with Crippen LogP contribution in [0.15, 0.2) is 42.5 Å². The highest BCUT2D eigenvalue weighted by Gasteiger charge is 2.21. The van der Waals surface area contributed by atoms with E-state index < -0.39 is 0 Å². The van der Waals surface area contributed by atoms with Crippen LogP contribution >= 0.6 is 0 Å². The molecule has 0 radical (unpaired) electrons. The lowest BCUT2D eigenvalue weighted by Crippen LogP contribution is -2.15. The van der Waals surface area contributed by atoms with Crippen molar-refractivity contribution in [1.82, 2.24) is 0 Å². The summed E-state index contributed by atoms with van der Waals surface area (Å²) < 4.78 is 0. The SMILES string of the molecule is Cc1cc(C)c(C(C)(C)C)c(-c2ccccc2)c1. The molecule has 0 N–H and O–H groups in total. The molecule has 0 aliphatic heterocycles. The molecule has 0 unspecified atom stereocenters. The minimum atomic E-state index is 0.170. The predicted molar refractivity (Wildman–Crippen MR) is 80.1 cm³/mol. The van der Waals surface area contributed by atoms with Gasteiger partial charge >= 0.3 is 0 Å². The molecule has 0 nitrogen and oxygen atoms in total. The van der Waals surface area contributed by atoms with Crippen LogP contribution in [-0.4, -0.2) is 0 Å². The highest BCUT2D eigenvalue weighted by atomic mass is 14.2. The van der Waals surface area contributed by atoms with Crippen LogP contribution in [-0.2, 0) is 5.41 Å². The van der Waals surface area contributed by atoms with Gasteiger partial charge in [0.15, 0.2) is 0 Å². The third-order valence-electron chi connectivity index (χ3n) is 3.31. The van der Waals surface area contributed by atoms with Gasteiger partial charge in [-0.25, -0.2) is 0 Å². The quantitative estimate of drug-likeness (QED) is 0.635. The van der Waals surface area contributed by atoms with Gasteiger partial charge in [0.1, 0.15) is 0 Å². The molecular weight excluding hydrogens is 216 g/mol. The van der Waals surface area contributed by atoms with E-state index in [0.717, 1.165) is 0 Å². The number of benzene rings is 2. The average molecular weight is 238 g/mol. The third-order valence-corrected chi connectivity index (χ3v) is 3.31. The van der Waals surface area contributed by atoms with Crippen molar-refractivity contribution in [2.24, 2.45) is 0 Å². The van der Waals surface area contributed by atoms with Crippen molar-refractivity contribution in [2.75, 3.05) is 0 Å². The second-order valence-electron chi connectivity index (χ2n) is 6.12. The maximum absolute atomic E-state index is 2.31. The van der Waals surface area contributed by atoms with Crippen LogP contribution in [0.5, 0.6) is 0 Å². The summed E-state index contributed by atoms with van der Waals surface area (Å²) in [5, 5.41) is 0. The molecule has 2 aromatic rings. The Labute approximate surface area is 111 Å². The minimum Gasteiger partial charge on any atom is -0.0622 e. The normalized spacial score (nSPS) is 11.6. The number of hydrogen-bond donors (Lipinski definition) is 0. The Morgan fingerprint density at radius 3 is 2.00 bits per heavy atom. The molecule has 0 heteroatoms. The van der Waals surface area contributed by atoms with E-state index in [2.05, 4.69) is 77.1 Å². The van der Waals surface area contributed by atoms with Gasteiger partial charge in [-0.3, -0.25) is 0 Å². The predicted octanol–water partition coefficient (Wildman–Crippen LogP) is 5.27. The number of rotatable bonds is 1. The Balaban J connectivity index is 2.74. The summed E-state index contributed by atoms with van der Waals surface area (Å²) in [6.07, 6.45) is 0. The van der Waals surface area contributed by atoms with Gasteiger partial charge in [-0.1, -0.05) is 68.8 Å². The Kier molecular flexibility index (Phi) is 3.30. The molecule has 0 saturated carbocycles. The molecule has 0 aromatic heterocycles. The molecule has 0 heterocycles. The van der Waals surface area contributed by atoms with Gasteiger partial charge in [-0.05, 0) is 41.5 Å². The van der Waals surface area contributed by atoms with Crippen LogP contribution in [0.4, 0.5) is 0 Å². The second kappa shape index (κ2) is 4.61. The highest BCUT2D eigenvalue weighted by Crippen LogP contribution is 2.36. The monoisotopic (exact) mass is 238 g/mol. The fourth-order valence-electron chi connectivity index (χ4n) is 2.81. The fraction of sp³-hybridized carbons (Fsp3) is 0.333. The van der Waals surface area contributed by atoms with Crippen LogP contribution in [0.25, 0.3) is 11.1 Å². The molecule has 0 spiro atoms. The van der Waals surface area contributed by atoms with Crippen molar-refractivity contribution < 1.29 is 0 Å². The van der Waals surface area contributed by atoms with Crippen molar-refractivity contribution in [3.8, 4) is 11.1 Å². The van der Waals surface area contributed by atoms with E-state index in [-0.39, 0.29) is 5.41 Å². The molecule has 0 amide bonds. The van der Waals surface area contributed by atoms with Gasteiger partial charge in [-0.2, -0.15) is 0 Å². The zero-order chi connectivity index (χ0) is 13.3. The molecule has 0 atom stereocenters. The summed E-state index contributed by atoms with van der Waals surface area (Å²) in [5.74, 6) is 0. The summed E-state index contributed by atoms with van der Waals surface area (Å²) in [6.45, 7) is 11.3. The molecule has 2 rings (SSSR count). The van der Waals surface area contributed by atoms with E-state index in [4.69, 9.17) is 0 Å². The highest BCUT2D eigenvalue weighted by molar-refractivity contribution is 5.71. The minimum absolute atomic E-state index is 0.170. The first-order valence-electron chi connectivity index (χ1n) is 6.57. The summed E-state index contributed by atoms with van der Waals surface area (Å²) in [5.41, 5.74) is 7.04. The lowest BCUT2D eigenvalue weighted by atomic mass is 9.78. The summed E-state index contributed by atoms with van der Waals surface area (Å²) in [4.78, 5) is 0. The van der Waals surface area contributed by atoms with E-state index in [1.54, 1.807) is 0 Å². The lowest BCUT2D eigenvalue weighted by molar-refractivity contribution is 0.588. The van der Waals surface area contributed by atoms with Crippen molar-refractivity contribution in [3.63, 3.8) is 0 Å². The van der Waals surface area contributed by atoms with Crippen LogP contribution in [0.3, 0.4) is 0 Å². The first-order chi connectivity index (χ1) is 8.39. The van der Waals surface area contributed by atoms with Gasteiger partial charge in [-0.15, -0.1) is 0 Å². The second-order valence-corrected chi connectivity index (χ2v) is 6.12. The van der Waals surface area contributed by atoms with Crippen molar-refractivity contribution in [2.45, 2.75) is 40.0 Å². The van der Waals surface area contributed by atoms with Crippen molar-refractivity contribution >= 4 is 0 Å². The Morgan fingerprint density at radius 2 is 1.44 bits per heavy atom. The molecule has 18 heavy (non-hydrogen) atoms.